The number of aryl methyl sites for hydroxylation is 1. The lowest BCUT2D eigenvalue weighted by Gasteiger charge is -2.21. The molecule has 3 nitrogen and oxygen atoms in total. The summed E-state index contributed by atoms with van der Waals surface area (Å²) in [6, 6.07) is 5.87. The van der Waals surface area contributed by atoms with E-state index in [2.05, 4.69) is 21.2 Å². The van der Waals surface area contributed by atoms with Crippen LogP contribution in [0.5, 0.6) is 0 Å². The average Bonchev–Trinajstić information content (AvgIpc) is 2.16. The number of anilines is 1. The van der Waals surface area contributed by atoms with Gasteiger partial charge in [-0.15, -0.1) is 0 Å². The van der Waals surface area contributed by atoms with Crippen LogP contribution in [-0.2, 0) is 4.79 Å². The maximum Gasteiger partial charge on any atom is 0.310 e. The number of hydrogen-bond donors (Lipinski definition) is 2. The minimum Gasteiger partial charge on any atom is -0.481 e. The molecular weight excluding hydrogens is 270 g/mol. The predicted octanol–water partition coefficient (Wildman–Crippen LogP) is 3.28. The summed E-state index contributed by atoms with van der Waals surface area (Å²) in [5, 5.41) is 12.1. The van der Waals surface area contributed by atoms with Crippen molar-refractivity contribution >= 4 is 27.6 Å². The topological polar surface area (TPSA) is 49.3 Å². The smallest absolute Gasteiger partial charge is 0.310 e. The molecule has 1 rings (SSSR count). The van der Waals surface area contributed by atoms with Gasteiger partial charge in [-0.1, -0.05) is 15.9 Å². The third-order valence-electron chi connectivity index (χ3n) is 2.49. The van der Waals surface area contributed by atoms with Crippen LogP contribution in [0.15, 0.2) is 22.7 Å². The van der Waals surface area contributed by atoms with Crippen molar-refractivity contribution in [2.45, 2.75) is 20.8 Å². The highest BCUT2D eigenvalue weighted by atomic mass is 79.9. The van der Waals surface area contributed by atoms with Gasteiger partial charge in [-0.05, 0) is 44.5 Å². The molecule has 16 heavy (non-hydrogen) atoms. The molecule has 4 heteroatoms. The summed E-state index contributed by atoms with van der Waals surface area (Å²) in [6.07, 6.45) is 0. The zero-order valence-corrected chi connectivity index (χ0v) is 11.3. The van der Waals surface area contributed by atoms with Crippen LogP contribution in [0.4, 0.5) is 5.69 Å². The Kier molecular flexibility index (Phi) is 3.97. The second-order valence-electron chi connectivity index (χ2n) is 4.50. The maximum absolute atomic E-state index is 10.9. The summed E-state index contributed by atoms with van der Waals surface area (Å²) in [6.45, 7) is 5.80. The van der Waals surface area contributed by atoms with E-state index in [0.717, 1.165) is 15.7 Å². The van der Waals surface area contributed by atoms with Crippen LogP contribution >= 0.6 is 15.9 Å². The highest BCUT2D eigenvalue weighted by Gasteiger charge is 2.26. The zero-order valence-electron chi connectivity index (χ0n) is 9.67. The lowest BCUT2D eigenvalue weighted by molar-refractivity contribution is -0.146. The fourth-order valence-electron chi connectivity index (χ4n) is 1.22. The Morgan fingerprint density at radius 3 is 2.62 bits per heavy atom. The molecule has 0 fully saturated rings. The normalized spacial score (nSPS) is 11.2. The van der Waals surface area contributed by atoms with Crippen molar-refractivity contribution in [2.24, 2.45) is 5.41 Å². The maximum atomic E-state index is 10.9. The minimum absolute atomic E-state index is 0.408. The van der Waals surface area contributed by atoms with Gasteiger partial charge in [0, 0.05) is 16.7 Å². The number of carboxylic acid groups (broad SMARTS) is 1. The summed E-state index contributed by atoms with van der Waals surface area (Å²) >= 11 is 3.39. The first-order valence-corrected chi connectivity index (χ1v) is 5.85. The van der Waals surface area contributed by atoms with Crippen LogP contribution in [-0.4, -0.2) is 17.6 Å². The van der Waals surface area contributed by atoms with Crippen LogP contribution < -0.4 is 5.32 Å². The van der Waals surface area contributed by atoms with E-state index in [0.29, 0.717) is 6.54 Å². The highest BCUT2D eigenvalue weighted by Crippen LogP contribution is 2.22. The van der Waals surface area contributed by atoms with Gasteiger partial charge in [0.2, 0.25) is 0 Å². The molecule has 0 spiro atoms. The molecule has 2 N–H and O–H groups in total. The predicted molar refractivity (Wildman–Crippen MR) is 68.8 cm³/mol. The molecular formula is C12H16BrNO2. The number of carboxylic acids is 1. The van der Waals surface area contributed by atoms with Crippen LogP contribution in [0.2, 0.25) is 0 Å². The standard InChI is InChI=1S/C12H16BrNO2/c1-8-6-9(13)4-5-10(8)14-7-12(2,3)11(15)16/h4-6,14H,7H2,1-3H3,(H,15,16). The molecule has 1 aromatic rings. The molecule has 0 radical (unpaired) electrons. The fraction of sp³-hybridized carbons (Fsp3) is 0.417. The van der Waals surface area contributed by atoms with E-state index in [1.807, 2.05) is 25.1 Å². The Labute approximate surface area is 104 Å². The summed E-state index contributed by atoms with van der Waals surface area (Å²) in [5.41, 5.74) is 1.30. The van der Waals surface area contributed by atoms with Crippen molar-refractivity contribution in [2.75, 3.05) is 11.9 Å². The van der Waals surface area contributed by atoms with Gasteiger partial charge in [0.15, 0.2) is 0 Å². The first-order valence-electron chi connectivity index (χ1n) is 5.06. The molecule has 0 amide bonds. The number of rotatable bonds is 4. The summed E-state index contributed by atoms with van der Waals surface area (Å²) < 4.78 is 1.02. The Balaban J connectivity index is 2.72. The number of benzene rings is 1. The van der Waals surface area contributed by atoms with Crippen molar-refractivity contribution in [3.8, 4) is 0 Å². The number of halogens is 1. The van der Waals surface area contributed by atoms with E-state index < -0.39 is 11.4 Å². The van der Waals surface area contributed by atoms with Gasteiger partial charge < -0.3 is 10.4 Å². The van der Waals surface area contributed by atoms with Crippen molar-refractivity contribution in [3.05, 3.63) is 28.2 Å². The Hall–Kier alpha value is -1.03. The van der Waals surface area contributed by atoms with Crippen molar-refractivity contribution in [1.29, 1.82) is 0 Å². The lowest BCUT2D eigenvalue weighted by atomic mass is 9.94. The molecule has 0 aliphatic carbocycles. The largest absolute Gasteiger partial charge is 0.481 e. The molecule has 0 aromatic heterocycles. The molecule has 0 saturated heterocycles. The molecule has 1 aromatic carbocycles. The summed E-state index contributed by atoms with van der Waals surface area (Å²) in [4.78, 5) is 10.9. The van der Waals surface area contributed by atoms with Gasteiger partial charge in [-0.3, -0.25) is 4.79 Å². The number of aliphatic carboxylic acids is 1. The first kappa shape index (κ1) is 13.0. The fourth-order valence-corrected chi connectivity index (χ4v) is 1.69. The Morgan fingerprint density at radius 1 is 1.50 bits per heavy atom. The first-order chi connectivity index (χ1) is 7.33. The molecule has 0 unspecified atom stereocenters. The number of nitrogens with one attached hydrogen (secondary N) is 1. The van der Waals surface area contributed by atoms with Crippen LogP contribution in [0.3, 0.4) is 0 Å². The molecule has 0 aliphatic rings. The van der Waals surface area contributed by atoms with E-state index in [9.17, 15) is 4.79 Å². The quantitative estimate of drug-likeness (QED) is 0.893. The van der Waals surface area contributed by atoms with Crippen LogP contribution in [0, 0.1) is 12.3 Å². The van der Waals surface area contributed by atoms with Gasteiger partial charge in [0.05, 0.1) is 5.41 Å². The van der Waals surface area contributed by atoms with E-state index in [1.54, 1.807) is 13.8 Å². The average molecular weight is 286 g/mol. The molecule has 0 saturated carbocycles. The van der Waals surface area contributed by atoms with Crippen molar-refractivity contribution in [3.63, 3.8) is 0 Å². The third-order valence-corrected chi connectivity index (χ3v) is 2.98. The molecule has 88 valence electrons. The molecule has 0 bridgehead atoms. The van der Waals surface area contributed by atoms with Gasteiger partial charge in [-0.2, -0.15) is 0 Å². The second-order valence-corrected chi connectivity index (χ2v) is 5.42. The number of carbonyl (C=O) groups is 1. The minimum atomic E-state index is -0.797. The number of hydrogen-bond acceptors (Lipinski definition) is 2. The molecule has 0 atom stereocenters. The zero-order chi connectivity index (χ0) is 12.3. The highest BCUT2D eigenvalue weighted by molar-refractivity contribution is 9.10. The van der Waals surface area contributed by atoms with E-state index in [1.165, 1.54) is 0 Å². The monoisotopic (exact) mass is 285 g/mol. The summed E-state index contributed by atoms with van der Waals surface area (Å²) in [7, 11) is 0. The van der Waals surface area contributed by atoms with Crippen LogP contribution in [0.1, 0.15) is 19.4 Å². The van der Waals surface area contributed by atoms with Gasteiger partial charge in [-0.25, -0.2) is 0 Å². The van der Waals surface area contributed by atoms with Gasteiger partial charge in [0.25, 0.3) is 0 Å². The lowest BCUT2D eigenvalue weighted by Crippen LogP contribution is -2.31. The van der Waals surface area contributed by atoms with E-state index >= 15 is 0 Å². The second kappa shape index (κ2) is 4.87. The van der Waals surface area contributed by atoms with Crippen LogP contribution in [0.25, 0.3) is 0 Å². The molecule has 0 heterocycles. The summed E-state index contributed by atoms with van der Waals surface area (Å²) in [5.74, 6) is -0.797. The SMILES string of the molecule is Cc1cc(Br)ccc1NCC(C)(C)C(=O)O. The van der Waals surface area contributed by atoms with Crippen molar-refractivity contribution < 1.29 is 9.90 Å². The van der Waals surface area contributed by atoms with Gasteiger partial charge in [0.1, 0.15) is 0 Å². The molecule has 0 aliphatic heterocycles. The van der Waals surface area contributed by atoms with Crippen molar-refractivity contribution in [1.82, 2.24) is 0 Å². The van der Waals surface area contributed by atoms with E-state index in [4.69, 9.17) is 5.11 Å². The van der Waals surface area contributed by atoms with Gasteiger partial charge >= 0.3 is 5.97 Å². The third kappa shape index (κ3) is 3.23. The van der Waals surface area contributed by atoms with E-state index in [-0.39, 0.29) is 0 Å². The Bertz CT molecular complexity index is 402. The Morgan fingerprint density at radius 2 is 2.12 bits per heavy atom.